The number of hydrogen-bond acceptors (Lipinski definition) is 2. The van der Waals surface area contributed by atoms with Gasteiger partial charge in [-0.2, -0.15) is 12.6 Å². The van der Waals surface area contributed by atoms with E-state index in [1.807, 2.05) is 0 Å². The number of nitrogens with zero attached hydrogens (tertiary/aromatic N) is 1. The molecule has 2 heteroatoms. The second-order valence-electron chi connectivity index (χ2n) is 5.35. The summed E-state index contributed by atoms with van der Waals surface area (Å²) < 4.78 is 0. The SMILES string of the molecule is CCCC(CS)CN(Cc1ccccc1)C(C)C. The maximum absolute atomic E-state index is 4.49. The number of benzene rings is 1. The van der Waals surface area contributed by atoms with Crippen LogP contribution >= 0.6 is 12.6 Å². The van der Waals surface area contributed by atoms with Crippen molar-refractivity contribution in [1.82, 2.24) is 4.90 Å². The van der Waals surface area contributed by atoms with Gasteiger partial charge in [0.1, 0.15) is 0 Å². The maximum atomic E-state index is 4.49. The fraction of sp³-hybridized carbons (Fsp3) is 0.625. The third-order valence-electron chi connectivity index (χ3n) is 3.41. The zero-order valence-corrected chi connectivity index (χ0v) is 12.9. The van der Waals surface area contributed by atoms with E-state index in [0.29, 0.717) is 12.0 Å². The predicted molar refractivity (Wildman–Crippen MR) is 84.2 cm³/mol. The van der Waals surface area contributed by atoms with E-state index in [-0.39, 0.29) is 0 Å². The molecule has 0 saturated heterocycles. The highest BCUT2D eigenvalue weighted by Gasteiger charge is 2.15. The summed E-state index contributed by atoms with van der Waals surface area (Å²) in [6.45, 7) is 9.03. The average molecular weight is 265 g/mol. The van der Waals surface area contributed by atoms with E-state index in [0.717, 1.165) is 18.8 Å². The summed E-state index contributed by atoms with van der Waals surface area (Å²) >= 11 is 4.49. The van der Waals surface area contributed by atoms with Crippen LogP contribution in [0, 0.1) is 5.92 Å². The van der Waals surface area contributed by atoms with Gasteiger partial charge in [-0.15, -0.1) is 0 Å². The second kappa shape index (κ2) is 8.60. The molecule has 1 nitrogen and oxygen atoms in total. The monoisotopic (exact) mass is 265 g/mol. The van der Waals surface area contributed by atoms with E-state index in [1.54, 1.807) is 0 Å². The van der Waals surface area contributed by atoms with Gasteiger partial charge in [-0.05, 0) is 37.5 Å². The minimum atomic E-state index is 0.587. The van der Waals surface area contributed by atoms with Crippen LogP contribution in [0.1, 0.15) is 39.2 Å². The maximum Gasteiger partial charge on any atom is 0.0236 e. The third kappa shape index (κ3) is 5.45. The Labute approximate surface area is 118 Å². The molecule has 0 aliphatic rings. The van der Waals surface area contributed by atoms with E-state index >= 15 is 0 Å². The van der Waals surface area contributed by atoms with Crippen LogP contribution in [0.2, 0.25) is 0 Å². The highest BCUT2D eigenvalue weighted by Crippen LogP contribution is 2.15. The van der Waals surface area contributed by atoms with Gasteiger partial charge in [0.15, 0.2) is 0 Å². The lowest BCUT2D eigenvalue weighted by molar-refractivity contribution is 0.181. The molecular formula is C16H27NS. The Hall–Kier alpha value is -0.470. The second-order valence-corrected chi connectivity index (χ2v) is 5.71. The molecule has 0 bridgehead atoms. The molecule has 0 saturated carbocycles. The molecule has 0 amide bonds. The van der Waals surface area contributed by atoms with Crippen molar-refractivity contribution in [2.75, 3.05) is 12.3 Å². The van der Waals surface area contributed by atoms with Gasteiger partial charge in [-0.1, -0.05) is 43.7 Å². The van der Waals surface area contributed by atoms with Gasteiger partial charge in [0.05, 0.1) is 0 Å². The number of hydrogen-bond donors (Lipinski definition) is 1. The van der Waals surface area contributed by atoms with Crippen molar-refractivity contribution >= 4 is 12.6 Å². The van der Waals surface area contributed by atoms with Crippen molar-refractivity contribution in [3.05, 3.63) is 35.9 Å². The summed E-state index contributed by atoms with van der Waals surface area (Å²) in [7, 11) is 0. The number of thiol groups is 1. The smallest absolute Gasteiger partial charge is 0.0236 e. The van der Waals surface area contributed by atoms with Gasteiger partial charge in [0.2, 0.25) is 0 Å². The molecule has 0 N–H and O–H groups in total. The highest BCUT2D eigenvalue weighted by atomic mass is 32.1. The van der Waals surface area contributed by atoms with Crippen LogP contribution < -0.4 is 0 Å². The van der Waals surface area contributed by atoms with Gasteiger partial charge in [0, 0.05) is 19.1 Å². The van der Waals surface area contributed by atoms with E-state index in [2.05, 4.69) is 68.6 Å². The molecule has 0 heterocycles. The van der Waals surface area contributed by atoms with Crippen LogP contribution in [-0.4, -0.2) is 23.2 Å². The first kappa shape index (κ1) is 15.6. The molecular weight excluding hydrogens is 238 g/mol. The molecule has 0 aliphatic heterocycles. The van der Waals surface area contributed by atoms with E-state index in [1.165, 1.54) is 18.4 Å². The zero-order chi connectivity index (χ0) is 13.4. The first-order valence-corrected chi connectivity index (χ1v) is 7.69. The fourth-order valence-corrected chi connectivity index (χ4v) is 2.55. The average Bonchev–Trinajstić information content (AvgIpc) is 2.38. The summed E-state index contributed by atoms with van der Waals surface area (Å²) in [6, 6.07) is 11.3. The summed E-state index contributed by atoms with van der Waals surface area (Å²) in [6.07, 6.45) is 2.53. The van der Waals surface area contributed by atoms with Crippen LogP contribution in [0.15, 0.2) is 30.3 Å². The van der Waals surface area contributed by atoms with Crippen LogP contribution in [0.5, 0.6) is 0 Å². The molecule has 1 atom stereocenters. The van der Waals surface area contributed by atoms with Crippen molar-refractivity contribution < 1.29 is 0 Å². The van der Waals surface area contributed by atoms with Crippen LogP contribution in [0.3, 0.4) is 0 Å². The molecule has 1 aromatic carbocycles. The summed E-state index contributed by atoms with van der Waals surface area (Å²) in [5, 5.41) is 0. The van der Waals surface area contributed by atoms with Gasteiger partial charge in [-0.3, -0.25) is 4.90 Å². The molecule has 0 radical (unpaired) electrons. The molecule has 18 heavy (non-hydrogen) atoms. The standard InChI is InChI=1S/C16H27NS/c1-4-8-16(13-18)12-17(14(2)3)11-15-9-6-5-7-10-15/h5-7,9-10,14,16,18H,4,8,11-13H2,1-3H3. The lowest BCUT2D eigenvalue weighted by Crippen LogP contribution is -2.35. The Morgan fingerprint density at radius 2 is 1.83 bits per heavy atom. The summed E-state index contributed by atoms with van der Waals surface area (Å²) in [4.78, 5) is 2.56. The normalized spacial score (nSPS) is 13.2. The molecule has 0 aromatic heterocycles. The molecule has 1 aromatic rings. The largest absolute Gasteiger partial charge is 0.296 e. The van der Waals surface area contributed by atoms with Crippen molar-refractivity contribution in [2.45, 2.75) is 46.2 Å². The van der Waals surface area contributed by atoms with Crippen LogP contribution in [0.4, 0.5) is 0 Å². The van der Waals surface area contributed by atoms with E-state index in [9.17, 15) is 0 Å². The minimum Gasteiger partial charge on any atom is -0.296 e. The van der Waals surface area contributed by atoms with Crippen molar-refractivity contribution in [3.8, 4) is 0 Å². The molecule has 0 spiro atoms. The van der Waals surface area contributed by atoms with E-state index < -0.39 is 0 Å². The topological polar surface area (TPSA) is 3.24 Å². The van der Waals surface area contributed by atoms with Crippen molar-refractivity contribution in [2.24, 2.45) is 5.92 Å². The Balaban J connectivity index is 2.59. The summed E-state index contributed by atoms with van der Waals surface area (Å²) in [5.41, 5.74) is 1.40. The highest BCUT2D eigenvalue weighted by molar-refractivity contribution is 7.80. The fourth-order valence-electron chi connectivity index (χ4n) is 2.26. The predicted octanol–water partition coefficient (Wildman–Crippen LogP) is 4.24. The molecule has 0 aliphatic carbocycles. The van der Waals surface area contributed by atoms with Gasteiger partial charge < -0.3 is 0 Å². The minimum absolute atomic E-state index is 0.587. The first-order valence-electron chi connectivity index (χ1n) is 7.06. The summed E-state index contributed by atoms with van der Waals surface area (Å²) in [5.74, 6) is 1.70. The molecule has 1 rings (SSSR count). The zero-order valence-electron chi connectivity index (χ0n) is 12.0. The quantitative estimate of drug-likeness (QED) is 0.688. The Bertz CT molecular complexity index is 310. The van der Waals surface area contributed by atoms with Crippen LogP contribution in [-0.2, 0) is 6.54 Å². The number of rotatable bonds is 8. The molecule has 1 unspecified atom stereocenters. The van der Waals surface area contributed by atoms with Gasteiger partial charge >= 0.3 is 0 Å². The van der Waals surface area contributed by atoms with Gasteiger partial charge in [-0.25, -0.2) is 0 Å². The Kier molecular flexibility index (Phi) is 7.45. The Morgan fingerprint density at radius 1 is 1.17 bits per heavy atom. The lowest BCUT2D eigenvalue weighted by Gasteiger charge is -2.30. The first-order chi connectivity index (χ1) is 8.67. The Morgan fingerprint density at radius 3 is 2.33 bits per heavy atom. The van der Waals surface area contributed by atoms with E-state index in [4.69, 9.17) is 0 Å². The van der Waals surface area contributed by atoms with Gasteiger partial charge in [0.25, 0.3) is 0 Å². The van der Waals surface area contributed by atoms with Crippen molar-refractivity contribution in [1.29, 1.82) is 0 Å². The molecule has 102 valence electrons. The lowest BCUT2D eigenvalue weighted by atomic mass is 10.0. The van der Waals surface area contributed by atoms with Crippen LogP contribution in [0.25, 0.3) is 0 Å². The third-order valence-corrected chi connectivity index (χ3v) is 3.92. The van der Waals surface area contributed by atoms with Crippen molar-refractivity contribution in [3.63, 3.8) is 0 Å². The molecule has 0 fully saturated rings.